The summed E-state index contributed by atoms with van der Waals surface area (Å²) < 4.78 is 0. The number of nitrogens with zero attached hydrogens (tertiary/aromatic N) is 1. The molecule has 3 rings (SSSR count). The largest absolute Gasteiger partial charge is 0.377 e. The topological polar surface area (TPSA) is 24.9 Å². The van der Waals surface area contributed by atoms with E-state index >= 15 is 0 Å². The van der Waals surface area contributed by atoms with Crippen LogP contribution < -0.4 is 5.32 Å². The second kappa shape index (κ2) is 5.22. The number of aryl methyl sites for hydroxylation is 1. The number of benzene rings is 1. The van der Waals surface area contributed by atoms with Gasteiger partial charge in [-0.2, -0.15) is 0 Å². The minimum absolute atomic E-state index is 0.378. The quantitative estimate of drug-likeness (QED) is 0.823. The lowest BCUT2D eigenvalue weighted by atomic mass is 10.0. The lowest BCUT2D eigenvalue weighted by Crippen LogP contribution is -2.13. The molecule has 2 nitrogen and oxygen atoms in total. The SMILES string of the molecule is Cc1cc(NC(c2ccccc2)C2CC2)cnc1Cl. The number of rotatable bonds is 4. The van der Waals surface area contributed by atoms with Gasteiger partial charge in [-0.25, -0.2) is 4.98 Å². The van der Waals surface area contributed by atoms with Gasteiger partial charge in [0.1, 0.15) is 5.15 Å². The summed E-state index contributed by atoms with van der Waals surface area (Å²) in [5, 5.41) is 4.18. The monoisotopic (exact) mass is 272 g/mol. The molecule has 1 fully saturated rings. The van der Waals surface area contributed by atoms with Crippen LogP contribution in [0.15, 0.2) is 42.6 Å². The van der Waals surface area contributed by atoms with E-state index in [0.29, 0.717) is 11.2 Å². The fraction of sp³-hybridized carbons (Fsp3) is 0.312. The second-order valence-corrected chi connectivity index (χ2v) is 5.56. The third-order valence-electron chi connectivity index (χ3n) is 3.59. The van der Waals surface area contributed by atoms with Crippen molar-refractivity contribution in [2.24, 2.45) is 5.92 Å². The van der Waals surface area contributed by atoms with Crippen molar-refractivity contribution in [3.8, 4) is 0 Å². The highest BCUT2D eigenvalue weighted by Gasteiger charge is 2.32. The Morgan fingerprint density at radius 2 is 2.00 bits per heavy atom. The normalized spacial score (nSPS) is 16.1. The Labute approximate surface area is 118 Å². The van der Waals surface area contributed by atoms with Crippen LogP contribution in [0.2, 0.25) is 5.15 Å². The molecule has 0 radical (unpaired) electrons. The van der Waals surface area contributed by atoms with E-state index < -0.39 is 0 Å². The molecular weight excluding hydrogens is 256 g/mol. The van der Waals surface area contributed by atoms with Gasteiger partial charge in [0.15, 0.2) is 0 Å². The van der Waals surface area contributed by atoms with Gasteiger partial charge in [0.25, 0.3) is 0 Å². The van der Waals surface area contributed by atoms with Gasteiger partial charge < -0.3 is 5.32 Å². The second-order valence-electron chi connectivity index (χ2n) is 5.20. The highest BCUT2D eigenvalue weighted by molar-refractivity contribution is 6.30. The molecule has 19 heavy (non-hydrogen) atoms. The molecular formula is C16H17ClN2. The van der Waals surface area contributed by atoms with E-state index in [0.717, 1.165) is 17.2 Å². The molecule has 1 aliphatic rings. The predicted octanol–water partition coefficient (Wildman–Crippen LogP) is 4.61. The first kappa shape index (κ1) is 12.5. The minimum Gasteiger partial charge on any atom is -0.377 e. The van der Waals surface area contributed by atoms with Crippen molar-refractivity contribution in [2.45, 2.75) is 25.8 Å². The van der Waals surface area contributed by atoms with Crippen LogP contribution in [0.4, 0.5) is 5.69 Å². The zero-order valence-electron chi connectivity index (χ0n) is 10.9. The van der Waals surface area contributed by atoms with Crippen molar-refractivity contribution < 1.29 is 0 Å². The molecule has 98 valence electrons. The Hall–Kier alpha value is -1.54. The average molecular weight is 273 g/mol. The Morgan fingerprint density at radius 3 is 2.63 bits per heavy atom. The number of hydrogen-bond acceptors (Lipinski definition) is 2. The first-order valence-electron chi connectivity index (χ1n) is 6.67. The average Bonchev–Trinajstić information content (AvgIpc) is 3.25. The number of anilines is 1. The molecule has 0 bridgehead atoms. The summed E-state index contributed by atoms with van der Waals surface area (Å²) in [4.78, 5) is 4.21. The third-order valence-corrected chi connectivity index (χ3v) is 3.98. The molecule has 1 aromatic heterocycles. The first-order chi connectivity index (χ1) is 9.24. The maximum Gasteiger partial charge on any atom is 0.132 e. The first-order valence-corrected chi connectivity index (χ1v) is 7.05. The molecule has 0 saturated heterocycles. The molecule has 1 N–H and O–H groups in total. The molecule has 1 atom stereocenters. The lowest BCUT2D eigenvalue weighted by molar-refractivity contribution is 0.678. The van der Waals surface area contributed by atoms with Gasteiger partial charge in [0, 0.05) is 0 Å². The van der Waals surface area contributed by atoms with Gasteiger partial charge in [-0.1, -0.05) is 41.9 Å². The van der Waals surface area contributed by atoms with Crippen molar-refractivity contribution in [1.29, 1.82) is 0 Å². The van der Waals surface area contributed by atoms with Crippen LogP contribution >= 0.6 is 11.6 Å². The summed E-state index contributed by atoms with van der Waals surface area (Å²) in [6.07, 6.45) is 4.41. The van der Waals surface area contributed by atoms with Gasteiger partial charge in [0.2, 0.25) is 0 Å². The van der Waals surface area contributed by atoms with Crippen molar-refractivity contribution in [3.63, 3.8) is 0 Å². The zero-order valence-corrected chi connectivity index (χ0v) is 11.7. The zero-order chi connectivity index (χ0) is 13.2. The molecule has 3 heteroatoms. The number of hydrogen-bond donors (Lipinski definition) is 1. The molecule has 1 aliphatic carbocycles. The van der Waals surface area contributed by atoms with Gasteiger partial charge in [-0.3, -0.25) is 0 Å². The maximum absolute atomic E-state index is 5.97. The van der Waals surface area contributed by atoms with Gasteiger partial charge in [-0.05, 0) is 42.9 Å². The van der Waals surface area contributed by atoms with Crippen molar-refractivity contribution in [2.75, 3.05) is 5.32 Å². The van der Waals surface area contributed by atoms with Crippen LogP contribution in [0.3, 0.4) is 0 Å². The van der Waals surface area contributed by atoms with Gasteiger partial charge in [-0.15, -0.1) is 0 Å². The van der Waals surface area contributed by atoms with E-state index in [2.05, 4.69) is 46.7 Å². The van der Waals surface area contributed by atoms with Crippen molar-refractivity contribution in [1.82, 2.24) is 4.98 Å². The van der Waals surface area contributed by atoms with Crippen LogP contribution in [0, 0.1) is 12.8 Å². The van der Waals surface area contributed by atoms with Crippen LogP contribution in [-0.4, -0.2) is 4.98 Å². The van der Waals surface area contributed by atoms with E-state index in [4.69, 9.17) is 11.6 Å². The summed E-state index contributed by atoms with van der Waals surface area (Å²) >= 11 is 5.97. The highest BCUT2D eigenvalue weighted by atomic mass is 35.5. The van der Waals surface area contributed by atoms with Crippen LogP contribution in [0.25, 0.3) is 0 Å². The highest BCUT2D eigenvalue weighted by Crippen LogP contribution is 2.42. The van der Waals surface area contributed by atoms with Gasteiger partial charge >= 0.3 is 0 Å². The Balaban J connectivity index is 1.84. The fourth-order valence-electron chi connectivity index (χ4n) is 2.38. The van der Waals surface area contributed by atoms with E-state index in [1.807, 2.05) is 13.1 Å². The summed E-state index contributed by atoms with van der Waals surface area (Å²) in [5.41, 5.74) is 3.40. The Kier molecular flexibility index (Phi) is 3.43. The Morgan fingerprint density at radius 1 is 1.26 bits per heavy atom. The summed E-state index contributed by atoms with van der Waals surface area (Å²) in [7, 11) is 0. The van der Waals surface area contributed by atoms with Crippen LogP contribution in [0.1, 0.15) is 30.0 Å². The lowest BCUT2D eigenvalue weighted by Gasteiger charge is -2.20. The van der Waals surface area contributed by atoms with E-state index in [9.17, 15) is 0 Å². The fourth-order valence-corrected chi connectivity index (χ4v) is 2.48. The molecule has 0 spiro atoms. The molecule has 1 saturated carbocycles. The number of pyridine rings is 1. The summed E-state index contributed by atoms with van der Waals surface area (Å²) in [6, 6.07) is 13.1. The molecule has 1 aromatic carbocycles. The molecule has 1 heterocycles. The molecule has 1 unspecified atom stereocenters. The predicted molar refractivity (Wildman–Crippen MR) is 79.5 cm³/mol. The van der Waals surface area contributed by atoms with E-state index in [-0.39, 0.29) is 0 Å². The number of nitrogens with one attached hydrogen (secondary N) is 1. The summed E-state index contributed by atoms with van der Waals surface area (Å²) in [5.74, 6) is 0.735. The van der Waals surface area contributed by atoms with E-state index in [1.165, 1.54) is 18.4 Å². The van der Waals surface area contributed by atoms with E-state index in [1.54, 1.807) is 0 Å². The molecule has 0 amide bonds. The van der Waals surface area contributed by atoms with Gasteiger partial charge in [0.05, 0.1) is 17.9 Å². The summed E-state index contributed by atoms with van der Waals surface area (Å²) in [6.45, 7) is 1.98. The van der Waals surface area contributed by atoms with Crippen LogP contribution in [-0.2, 0) is 0 Å². The van der Waals surface area contributed by atoms with Crippen LogP contribution in [0.5, 0.6) is 0 Å². The smallest absolute Gasteiger partial charge is 0.132 e. The Bertz CT molecular complexity index is 564. The number of halogens is 1. The third kappa shape index (κ3) is 2.90. The minimum atomic E-state index is 0.378. The molecule has 2 aromatic rings. The maximum atomic E-state index is 5.97. The standard InChI is InChI=1S/C16H17ClN2/c1-11-9-14(10-18-16(11)17)19-15(13-7-8-13)12-5-3-2-4-6-12/h2-6,9-10,13,15,19H,7-8H2,1H3. The van der Waals surface area contributed by atoms with Crippen molar-refractivity contribution in [3.05, 3.63) is 58.9 Å². The molecule has 0 aliphatic heterocycles. The van der Waals surface area contributed by atoms with Crippen molar-refractivity contribution >= 4 is 17.3 Å². The number of aromatic nitrogens is 1.